The molecule has 4 nitrogen and oxygen atoms in total. The Balaban J connectivity index is 2.42. The third-order valence-corrected chi connectivity index (χ3v) is 4.53. The molecule has 0 amide bonds. The van der Waals surface area contributed by atoms with Crippen LogP contribution >= 0.6 is 11.8 Å². The van der Waals surface area contributed by atoms with E-state index in [1.54, 1.807) is 36.6 Å². The minimum Gasteiger partial charge on any atom is -0.375 e. The van der Waals surface area contributed by atoms with E-state index in [1.165, 1.54) is 0 Å². The van der Waals surface area contributed by atoms with E-state index in [9.17, 15) is 22.8 Å². The van der Waals surface area contributed by atoms with Gasteiger partial charge < -0.3 is 10.5 Å². The van der Waals surface area contributed by atoms with Crippen LogP contribution in [0.5, 0.6) is 0 Å². The number of alkyl halides is 3. The van der Waals surface area contributed by atoms with Gasteiger partial charge in [0.1, 0.15) is 0 Å². The van der Waals surface area contributed by atoms with E-state index in [0.717, 1.165) is 11.8 Å². The van der Waals surface area contributed by atoms with Crippen LogP contribution in [0.25, 0.3) is 0 Å². The molecule has 0 aromatic heterocycles. The van der Waals surface area contributed by atoms with Gasteiger partial charge in [-0.05, 0) is 16.3 Å². The Labute approximate surface area is 134 Å². The number of hydrogen-bond acceptors (Lipinski definition) is 5. The van der Waals surface area contributed by atoms with Gasteiger partial charge in [0.05, 0.1) is 17.5 Å². The summed E-state index contributed by atoms with van der Waals surface area (Å²) in [5.41, 5.74) is -3.94. The lowest BCUT2D eigenvalue weighted by Crippen LogP contribution is -2.51. The highest BCUT2D eigenvalue weighted by molar-refractivity contribution is 7.99. The lowest BCUT2D eigenvalue weighted by molar-refractivity contribution is -0.319. The number of thioether (sulfide) groups is 1. The average molecular weight is 350 g/mol. The fraction of sp³-hybridized carbons (Fsp3) is 0.357. The van der Waals surface area contributed by atoms with Gasteiger partial charge in [0.15, 0.2) is 0 Å². The third-order valence-electron chi connectivity index (χ3n) is 3.55. The predicted molar refractivity (Wildman–Crippen MR) is 78.4 cm³/mol. The van der Waals surface area contributed by atoms with E-state index >= 15 is 0 Å². The van der Waals surface area contributed by atoms with Crippen molar-refractivity contribution in [1.82, 2.24) is 5.06 Å². The molecule has 23 heavy (non-hydrogen) atoms. The van der Waals surface area contributed by atoms with E-state index in [0.29, 0.717) is 11.8 Å². The molecule has 1 aliphatic heterocycles. The minimum atomic E-state index is -5.07. The highest BCUT2D eigenvalue weighted by Crippen LogP contribution is 2.44. The summed E-state index contributed by atoms with van der Waals surface area (Å²) in [6, 6.07) is 8.47. The first-order valence-corrected chi connectivity index (χ1v) is 7.76. The Bertz CT molecular complexity index is 609. The summed E-state index contributed by atoms with van der Waals surface area (Å²) in [6.07, 6.45) is -2.77. The van der Waals surface area contributed by atoms with Crippen LogP contribution in [-0.4, -0.2) is 40.5 Å². The molecule has 0 radical (unpaired) electrons. The number of nitrogens with zero attached hydrogens (tertiary/aromatic N) is 1. The minimum absolute atomic E-state index is 0.222. The second-order valence-electron chi connectivity index (χ2n) is 4.99. The topological polar surface area (TPSA) is 56.6 Å². The number of hydroxylamine groups is 2. The van der Waals surface area contributed by atoms with Crippen LogP contribution in [0.1, 0.15) is 10.8 Å². The van der Waals surface area contributed by atoms with Gasteiger partial charge in [-0.2, -0.15) is 24.9 Å². The van der Waals surface area contributed by atoms with Crippen molar-refractivity contribution in [3.05, 3.63) is 47.7 Å². The Hall–Kier alpha value is -1.58. The van der Waals surface area contributed by atoms with Gasteiger partial charge in [0.2, 0.25) is 5.60 Å². The molecule has 2 atom stereocenters. The van der Waals surface area contributed by atoms with Crippen LogP contribution in [0.3, 0.4) is 0 Å². The smallest absolute Gasteiger partial charge is 0.375 e. The molecule has 1 aromatic carbocycles. The highest BCUT2D eigenvalue weighted by Gasteiger charge is 2.61. The summed E-state index contributed by atoms with van der Waals surface area (Å²) < 4.78 is 52.0. The quantitative estimate of drug-likeness (QED) is 0.631. The second-order valence-corrected chi connectivity index (χ2v) is 5.93. The SMILES string of the molecule is CSC(C(=N)C1=CN(OF)CC1(O)C(F)(F)F)c1ccccc1. The third kappa shape index (κ3) is 3.22. The highest BCUT2D eigenvalue weighted by atomic mass is 32.2. The number of halogens is 4. The summed E-state index contributed by atoms with van der Waals surface area (Å²) in [6.45, 7) is -1.17. The first-order valence-electron chi connectivity index (χ1n) is 6.48. The lowest BCUT2D eigenvalue weighted by atomic mass is 9.89. The number of aliphatic hydroxyl groups is 1. The van der Waals surface area contributed by atoms with Crippen molar-refractivity contribution in [1.29, 1.82) is 5.41 Å². The lowest BCUT2D eigenvalue weighted by Gasteiger charge is -2.30. The van der Waals surface area contributed by atoms with Gasteiger partial charge in [-0.15, -0.1) is 0 Å². The van der Waals surface area contributed by atoms with Gasteiger partial charge >= 0.3 is 6.18 Å². The van der Waals surface area contributed by atoms with Gasteiger partial charge in [-0.3, -0.25) is 0 Å². The fourth-order valence-electron chi connectivity index (χ4n) is 2.38. The molecule has 0 spiro atoms. The number of hydrogen-bond donors (Lipinski definition) is 2. The van der Waals surface area contributed by atoms with Crippen molar-refractivity contribution in [2.45, 2.75) is 17.0 Å². The van der Waals surface area contributed by atoms with E-state index in [2.05, 4.69) is 5.04 Å². The van der Waals surface area contributed by atoms with Crippen molar-refractivity contribution in [3.63, 3.8) is 0 Å². The largest absolute Gasteiger partial charge is 0.423 e. The van der Waals surface area contributed by atoms with Crippen LogP contribution in [-0.2, 0) is 5.04 Å². The second kappa shape index (κ2) is 6.50. The molecule has 1 aliphatic rings. The number of rotatable bonds is 5. The predicted octanol–water partition coefficient (Wildman–Crippen LogP) is 3.42. The zero-order valence-corrected chi connectivity index (χ0v) is 12.8. The number of β-amino-alcohol motifs (C(OH)–C–C–N with tert-alkyl or cyclic N) is 1. The van der Waals surface area contributed by atoms with Crippen molar-refractivity contribution >= 4 is 17.5 Å². The van der Waals surface area contributed by atoms with Crippen molar-refractivity contribution in [3.8, 4) is 0 Å². The Morgan fingerprint density at radius 3 is 2.48 bits per heavy atom. The fourth-order valence-corrected chi connectivity index (χ4v) is 3.17. The molecule has 2 N–H and O–H groups in total. The first-order chi connectivity index (χ1) is 10.7. The van der Waals surface area contributed by atoms with E-state index < -0.39 is 34.9 Å². The molecule has 0 saturated heterocycles. The van der Waals surface area contributed by atoms with Crippen molar-refractivity contribution in [2.75, 3.05) is 12.8 Å². The van der Waals surface area contributed by atoms with Crippen molar-refractivity contribution in [2.24, 2.45) is 0 Å². The van der Waals surface area contributed by atoms with Gasteiger partial charge in [0, 0.05) is 11.8 Å². The van der Waals surface area contributed by atoms with Crippen molar-refractivity contribution < 1.29 is 27.8 Å². The molecule has 1 heterocycles. The average Bonchev–Trinajstić information content (AvgIpc) is 2.87. The summed E-state index contributed by atoms with van der Waals surface area (Å²) in [7, 11) is 0. The Kier molecular flexibility index (Phi) is 5.02. The van der Waals surface area contributed by atoms with Crippen LogP contribution in [0.15, 0.2) is 42.1 Å². The molecule has 0 saturated carbocycles. The maximum absolute atomic E-state index is 13.2. The summed E-state index contributed by atoms with van der Waals surface area (Å²) >= 11 is 1.14. The van der Waals surface area contributed by atoms with Crippen LogP contribution in [0, 0.1) is 5.41 Å². The Morgan fingerprint density at radius 1 is 1.39 bits per heavy atom. The van der Waals surface area contributed by atoms with Gasteiger partial charge in [0.25, 0.3) is 0 Å². The molecule has 0 fully saturated rings. The maximum Gasteiger partial charge on any atom is 0.423 e. The zero-order chi connectivity index (χ0) is 17.3. The molecule has 2 unspecified atom stereocenters. The number of nitrogens with one attached hydrogen (secondary N) is 1. The maximum atomic E-state index is 13.2. The molecule has 0 bridgehead atoms. The summed E-state index contributed by atoms with van der Waals surface area (Å²) in [5.74, 6) is 0. The molecule has 1 aromatic rings. The molecule has 0 aliphatic carbocycles. The molecule has 2 rings (SSSR count). The molecule has 9 heteroatoms. The standard InChI is InChI=1S/C14H14F4N2O2S/c1-23-12(9-5-3-2-4-6-9)11(19)10-7-20(22-18)8-13(10,21)14(15,16)17/h2-7,12,19,21H,8H2,1H3. The van der Waals surface area contributed by atoms with Gasteiger partial charge in [-0.1, -0.05) is 35.4 Å². The molecule has 126 valence electrons. The van der Waals surface area contributed by atoms with E-state index in [4.69, 9.17) is 5.41 Å². The van der Waals surface area contributed by atoms with Crippen LogP contribution < -0.4 is 0 Å². The van der Waals surface area contributed by atoms with Gasteiger partial charge in [-0.25, -0.2) is 5.06 Å². The molecular weight excluding hydrogens is 336 g/mol. The normalized spacial score (nSPS) is 22.9. The summed E-state index contributed by atoms with van der Waals surface area (Å²) in [5, 5.41) is 20.9. The first kappa shape index (κ1) is 17.8. The van der Waals surface area contributed by atoms with E-state index in [-0.39, 0.29) is 5.06 Å². The number of benzene rings is 1. The molecular formula is C14H14F4N2O2S. The Morgan fingerprint density at radius 2 is 2.00 bits per heavy atom. The van der Waals surface area contributed by atoms with Crippen LogP contribution in [0.4, 0.5) is 17.7 Å². The zero-order valence-electron chi connectivity index (χ0n) is 12.0. The summed E-state index contributed by atoms with van der Waals surface area (Å²) in [4.78, 5) is 0. The van der Waals surface area contributed by atoms with E-state index in [1.807, 2.05) is 0 Å². The monoisotopic (exact) mass is 350 g/mol. The van der Waals surface area contributed by atoms with Crippen LogP contribution in [0.2, 0.25) is 0 Å².